The van der Waals surface area contributed by atoms with Gasteiger partial charge in [0.05, 0.1) is 0 Å². The number of carbonyl (C=O) groups is 2. The molecule has 1 saturated heterocycles. The van der Waals surface area contributed by atoms with Crippen LogP contribution >= 0.6 is 0 Å². The SMILES string of the molecule is CC(C)[C-]=O.[CH2-]c1ccc(N(C)C(=O)OC2OC(C(=O)O)C(O)C(O)C2O)cc1.[U+2]. The van der Waals surface area contributed by atoms with Gasteiger partial charge in [0.15, 0.2) is 6.10 Å². The number of aliphatic hydroxyl groups is 3. The zero-order valence-electron chi connectivity index (χ0n) is 16.8. The first-order chi connectivity index (χ1) is 13.5. The van der Waals surface area contributed by atoms with Gasteiger partial charge in [-0.25, -0.2) is 9.59 Å². The average molecular weight is 649 g/mol. The normalized spacial score (nSPS) is 25.2. The van der Waals surface area contributed by atoms with E-state index in [0.717, 1.165) is 10.5 Å². The summed E-state index contributed by atoms with van der Waals surface area (Å²) in [6, 6.07) is 6.57. The summed E-state index contributed by atoms with van der Waals surface area (Å²) in [5, 5.41) is 38.0. The summed E-state index contributed by atoms with van der Waals surface area (Å²) in [5.74, 6) is -1.48. The van der Waals surface area contributed by atoms with Crippen molar-refractivity contribution in [3.63, 3.8) is 0 Å². The van der Waals surface area contributed by atoms with Crippen LogP contribution in [-0.4, -0.2) is 76.5 Å². The monoisotopic (exact) mass is 649 g/mol. The van der Waals surface area contributed by atoms with Crippen molar-refractivity contribution in [2.45, 2.75) is 44.6 Å². The van der Waals surface area contributed by atoms with Gasteiger partial charge in [-0.3, -0.25) is 11.2 Å². The number of carboxylic acids is 1. The number of benzene rings is 1. The van der Waals surface area contributed by atoms with Gasteiger partial charge in [-0.15, -0.1) is 5.92 Å². The number of amides is 1. The molecule has 2 rings (SSSR count). The fraction of sp³-hybridized carbons (Fsp3) is 0.474. The first kappa shape index (κ1) is 28.4. The maximum absolute atomic E-state index is 12.1. The molecule has 1 aromatic rings. The zero-order chi connectivity index (χ0) is 22.3. The molecule has 30 heavy (non-hydrogen) atoms. The van der Waals surface area contributed by atoms with E-state index in [-0.39, 0.29) is 37.0 Å². The predicted molar refractivity (Wildman–Crippen MR) is 101 cm³/mol. The third-order valence-corrected chi connectivity index (χ3v) is 3.86. The molecular weight excluding hydrogens is 624 g/mol. The predicted octanol–water partition coefficient (Wildman–Crippen LogP) is 0.0859. The minimum Gasteiger partial charge on any atom is -0.542 e. The first-order valence-electron chi connectivity index (χ1n) is 8.66. The first-order valence-corrected chi connectivity index (χ1v) is 8.66. The van der Waals surface area contributed by atoms with Gasteiger partial charge >= 0.3 is 43.2 Å². The van der Waals surface area contributed by atoms with Crippen molar-refractivity contribution in [1.82, 2.24) is 0 Å². The molecule has 1 fully saturated rings. The Balaban J connectivity index is 0.00000125. The second-order valence-corrected chi connectivity index (χ2v) is 6.62. The van der Waals surface area contributed by atoms with Crippen LogP contribution in [-0.2, 0) is 19.1 Å². The largest absolute Gasteiger partial charge is 2.00 e. The van der Waals surface area contributed by atoms with Crippen LogP contribution in [0.15, 0.2) is 24.3 Å². The molecular formula is C19H25NO9U. The molecule has 10 nitrogen and oxygen atoms in total. The van der Waals surface area contributed by atoms with Gasteiger partial charge in [-0.05, 0) is 0 Å². The van der Waals surface area contributed by atoms with Crippen molar-refractivity contribution >= 4 is 24.0 Å². The standard InChI is InChI=1S/C15H18NO8.C4H7O.U/c1-7-3-5-8(6-4-7)16(2)15(22)24-14-11(19)9(17)10(18)12(23-14)13(20)21;1-4(2)3-5;/h3-6,9-12,14,17-19H,1H2,2H3,(H,20,21);4H,1-2H3;/q2*-1;+2. The van der Waals surface area contributed by atoms with Gasteiger partial charge in [0.1, 0.15) is 18.3 Å². The van der Waals surface area contributed by atoms with Crippen LogP contribution in [0.1, 0.15) is 19.4 Å². The third-order valence-electron chi connectivity index (χ3n) is 3.86. The molecule has 0 aliphatic carbocycles. The topological polar surface area (TPSA) is 154 Å². The summed E-state index contributed by atoms with van der Waals surface area (Å²) in [5.41, 5.74) is 1.21. The second-order valence-electron chi connectivity index (χ2n) is 6.62. The van der Waals surface area contributed by atoms with Gasteiger partial charge in [0, 0.05) is 12.7 Å². The van der Waals surface area contributed by atoms with E-state index in [0.29, 0.717) is 5.69 Å². The molecule has 1 aliphatic rings. The number of rotatable bonds is 4. The smallest absolute Gasteiger partial charge is 0.542 e. The quantitative estimate of drug-likeness (QED) is 0.333. The van der Waals surface area contributed by atoms with Gasteiger partial charge in [0.2, 0.25) is 6.29 Å². The van der Waals surface area contributed by atoms with Crippen molar-refractivity contribution in [3.05, 3.63) is 36.8 Å². The molecule has 5 unspecified atom stereocenters. The number of hydrogen-bond donors (Lipinski definition) is 4. The van der Waals surface area contributed by atoms with Gasteiger partial charge in [-0.2, -0.15) is 24.6 Å². The van der Waals surface area contributed by atoms with E-state index in [1.165, 1.54) is 7.05 Å². The zero-order valence-corrected chi connectivity index (χ0v) is 20.9. The Kier molecular flexibility index (Phi) is 12.3. The van der Waals surface area contributed by atoms with Crippen molar-refractivity contribution in [3.8, 4) is 0 Å². The van der Waals surface area contributed by atoms with E-state index in [2.05, 4.69) is 6.92 Å². The molecule has 0 aromatic heterocycles. The number of carboxylic acid groups (broad SMARTS) is 1. The summed E-state index contributed by atoms with van der Waals surface area (Å²) in [6.07, 6.45) is -8.23. The van der Waals surface area contributed by atoms with Crippen LogP contribution in [0.25, 0.3) is 0 Å². The number of aliphatic hydroxyl groups excluding tert-OH is 3. The molecule has 5 atom stereocenters. The molecule has 0 radical (unpaired) electrons. The van der Waals surface area contributed by atoms with Crippen LogP contribution in [0.5, 0.6) is 0 Å². The summed E-state index contributed by atoms with van der Waals surface area (Å²) < 4.78 is 9.79. The number of ether oxygens (including phenoxy) is 2. The van der Waals surface area contributed by atoms with E-state index < -0.39 is 42.8 Å². The maximum Gasteiger partial charge on any atom is 2.00 e. The van der Waals surface area contributed by atoms with E-state index in [4.69, 9.17) is 14.6 Å². The Hall–Kier alpha value is -1.61. The van der Waals surface area contributed by atoms with E-state index in [9.17, 15) is 29.7 Å². The van der Waals surface area contributed by atoms with E-state index in [1.54, 1.807) is 44.4 Å². The van der Waals surface area contributed by atoms with Crippen LogP contribution < -0.4 is 4.90 Å². The summed E-state index contributed by atoms with van der Waals surface area (Å²) >= 11 is 0. The fourth-order valence-corrected chi connectivity index (χ4v) is 2.15. The van der Waals surface area contributed by atoms with Gasteiger partial charge in [0.25, 0.3) is 0 Å². The number of carbonyl (C=O) groups excluding carboxylic acids is 2. The number of hydrogen-bond acceptors (Lipinski definition) is 8. The minimum atomic E-state index is -1.85. The molecule has 0 saturated carbocycles. The van der Waals surface area contributed by atoms with E-state index >= 15 is 0 Å². The molecule has 0 spiro atoms. The van der Waals surface area contributed by atoms with Crippen LogP contribution in [0, 0.1) is 44.0 Å². The van der Waals surface area contributed by atoms with Crippen LogP contribution in [0.4, 0.5) is 10.5 Å². The third kappa shape index (κ3) is 7.91. The Morgan fingerprint density at radius 3 is 2.07 bits per heavy atom. The molecule has 1 amide bonds. The Bertz CT molecular complexity index is 698. The number of anilines is 1. The molecule has 1 aromatic carbocycles. The fourth-order valence-electron chi connectivity index (χ4n) is 2.15. The average Bonchev–Trinajstić information content (AvgIpc) is 2.68. The van der Waals surface area contributed by atoms with Crippen LogP contribution in [0.2, 0.25) is 0 Å². The van der Waals surface area contributed by atoms with Gasteiger partial charge in [-0.1, -0.05) is 26.0 Å². The molecule has 1 aliphatic heterocycles. The molecule has 4 N–H and O–H groups in total. The Labute approximate surface area is 198 Å². The Morgan fingerprint density at radius 1 is 1.13 bits per heavy atom. The Morgan fingerprint density at radius 2 is 1.63 bits per heavy atom. The van der Waals surface area contributed by atoms with Crippen molar-refractivity contribution < 1.29 is 75.4 Å². The van der Waals surface area contributed by atoms with E-state index in [1.807, 2.05) is 0 Å². The molecule has 1 heterocycles. The number of nitrogens with zero attached hydrogens (tertiary/aromatic N) is 1. The summed E-state index contributed by atoms with van der Waals surface area (Å²) in [4.78, 5) is 33.6. The number of aliphatic carboxylic acids is 1. The molecule has 164 valence electrons. The van der Waals surface area contributed by atoms with Crippen molar-refractivity contribution in [2.75, 3.05) is 11.9 Å². The van der Waals surface area contributed by atoms with Crippen molar-refractivity contribution in [2.24, 2.45) is 5.92 Å². The summed E-state index contributed by atoms with van der Waals surface area (Å²) in [7, 11) is 1.40. The van der Waals surface area contributed by atoms with Crippen molar-refractivity contribution in [1.29, 1.82) is 0 Å². The maximum atomic E-state index is 12.1. The summed E-state index contributed by atoms with van der Waals surface area (Å²) in [6.45, 7) is 7.31. The minimum absolute atomic E-state index is 0. The second kappa shape index (κ2) is 12.9. The molecule has 11 heteroatoms. The molecule has 0 bridgehead atoms. The van der Waals surface area contributed by atoms with Gasteiger partial charge < -0.3 is 34.7 Å². The van der Waals surface area contributed by atoms with Crippen LogP contribution in [0.3, 0.4) is 0 Å².